The molecule has 1 atom stereocenters. The van der Waals surface area contributed by atoms with Crippen LogP contribution in [0.15, 0.2) is 0 Å². The third kappa shape index (κ3) is 8.41. The highest BCUT2D eigenvalue weighted by Crippen LogP contribution is 2.12. The van der Waals surface area contributed by atoms with Crippen LogP contribution in [-0.2, 0) is 0 Å². The number of nitrogens with one attached hydrogen (secondary N) is 1. The third-order valence-electron chi connectivity index (χ3n) is 1.73. The van der Waals surface area contributed by atoms with E-state index < -0.39 is 0 Å². The maximum Gasteiger partial charge on any atom is 0.00968 e. The predicted octanol–water partition coefficient (Wildman–Crippen LogP) is 2.91. The minimum absolute atomic E-state index is 0.274. The number of hydrogen-bond donors (Lipinski definition) is 1. The van der Waals surface area contributed by atoms with Gasteiger partial charge in [0, 0.05) is 23.1 Å². The van der Waals surface area contributed by atoms with Crippen molar-refractivity contribution in [3.05, 3.63) is 0 Å². The molecule has 74 valence electrons. The van der Waals surface area contributed by atoms with Crippen LogP contribution in [-0.4, -0.2) is 23.1 Å². The Hall–Kier alpha value is 0.310. The molecule has 0 amide bonds. The lowest BCUT2D eigenvalue weighted by atomic mass is 10.1. The first-order valence-electron chi connectivity index (χ1n) is 4.82. The first-order chi connectivity index (χ1) is 5.45. The molecule has 0 heterocycles. The van der Waals surface area contributed by atoms with Crippen LogP contribution in [0.4, 0.5) is 0 Å². The fourth-order valence-electron chi connectivity index (χ4n) is 0.804. The third-order valence-corrected chi connectivity index (χ3v) is 3.08. The van der Waals surface area contributed by atoms with Crippen molar-refractivity contribution in [1.29, 1.82) is 0 Å². The van der Waals surface area contributed by atoms with E-state index in [1.807, 2.05) is 0 Å². The van der Waals surface area contributed by atoms with Crippen LogP contribution < -0.4 is 5.32 Å². The molecule has 1 nitrogen and oxygen atoms in total. The molecule has 0 fully saturated rings. The average molecular weight is 189 g/mol. The Balaban J connectivity index is 3.22. The Morgan fingerprint density at radius 1 is 1.33 bits per heavy atom. The minimum Gasteiger partial charge on any atom is -0.311 e. The molecule has 0 aromatic carbocycles. The second-order valence-corrected chi connectivity index (χ2v) is 5.81. The van der Waals surface area contributed by atoms with Gasteiger partial charge in [0.15, 0.2) is 0 Å². The number of rotatable bonds is 5. The molecule has 0 saturated carbocycles. The van der Waals surface area contributed by atoms with Crippen LogP contribution in [0.3, 0.4) is 0 Å². The topological polar surface area (TPSA) is 12.0 Å². The molecule has 1 unspecified atom stereocenters. The molecule has 0 saturated heterocycles. The van der Waals surface area contributed by atoms with Crippen LogP contribution in [0.1, 0.15) is 41.0 Å². The zero-order valence-electron chi connectivity index (χ0n) is 9.11. The van der Waals surface area contributed by atoms with Gasteiger partial charge in [0.25, 0.3) is 0 Å². The largest absolute Gasteiger partial charge is 0.311 e. The van der Waals surface area contributed by atoms with Crippen LogP contribution in [0.2, 0.25) is 0 Å². The first kappa shape index (κ1) is 12.3. The molecule has 0 aliphatic carbocycles. The van der Waals surface area contributed by atoms with E-state index in [0.29, 0.717) is 0 Å². The summed E-state index contributed by atoms with van der Waals surface area (Å²) < 4.78 is 0. The van der Waals surface area contributed by atoms with E-state index in [0.717, 1.165) is 11.8 Å². The summed E-state index contributed by atoms with van der Waals surface area (Å²) in [6.45, 7) is 12.3. The average Bonchev–Trinajstić information content (AvgIpc) is 1.96. The van der Waals surface area contributed by atoms with Gasteiger partial charge in [-0.15, -0.1) is 0 Å². The Morgan fingerprint density at radius 2 is 1.92 bits per heavy atom. The standard InChI is InChI=1S/C10H23NS/c1-6-9(2)12-8-7-11-10(3,4)5/h9,11H,6-8H2,1-5H3. The second-order valence-electron chi connectivity index (χ2n) is 4.27. The molecule has 0 aromatic rings. The van der Waals surface area contributed by atoms with Crippen LogP contribution >= 0.6 is 11.8 Å². The zero-order valence-corrected chi connectivity index (χ0v) is 9.92. The molecule has 0 aliphatic heterocycles. The smallest absolute Gasteiger partial charge is 0.00968 e. The summed E-state index contributed by atoms with van der Waals surface area (Å²) in [6, 6.07) is 0. The van der Waals surface area contributed by atoms with Crippen molar-refractivity contribution in [3.63, 3.8) is 0 Å². The molecule has 0 bridgehead atoms. The summed E-state index contributed by atoms with van der Waals surface area (Å²) in [5, 5.41) is 4.29. The molecule has 2 heteroatoms. The van der Waals surface area contributed by atoms with E-state index in [1.165, 1.54) is 12.2 Å². The van der Waals surface area contributed by atoms with Gasteiger partial charge in [-0.05, 0) is 27.2 Å². The van der Waals surface area contributed by atoms with Gasteiger partial charge < -0.3 is 5.32 Å². The van der Waals surface area contributed by atoms with Gasteiger partial charge in [0.2, 0.25) is 0 Å². The Kier molecular flexibility index (Phi) is 6.02. The fraction of sp³-hybridized carbons (Fsp3) is 1.00. The summed E-state index contributed by atoms with van der Waals surface area (Å²) in [6.07, 6.45) is 1.28. The SMILES string of the molecule is CCC(C)SCCNC(C)(C)C. The van der Waals surface area contributed by atoms with Crippen molar-refractivity contribution in [2.24, 2.45) is 0 Å². The molecule has 0 rings (SSSR count). The van der Waals surface area contributed by atoms with Crippen LogP contribution in [0, 0.1) is 0 Å². The lowest BCUT2D eigenvalue weighted by Crippen LogP contribution is -2.37. The van der Waals surface area contributed by atoms with Gasteiger partial charge in [-0.2, -0.15) is 11.8 Å². The second kappa shape index (κ2) is 5.87. The van der Waals surface area contributed by atoms with Gasteiger partial charge in [0.1, 0.15) is 0 Å². The van der Waals surface area contributed by atoms with E-state index in [9.17, 15) is 0 Å². The molecule has 0 aliphatic rings. The molecular weight excluding hydrogens is 166 g/mol. The van der Waals surface area contributed by atoms with Crippen molar-refractivity contribution in [2.45, 2.75) is 51.8 Å². The van der Waals surface area contributed by atoms with Crippen molar-refractivity contribution >= 4 is 11.8 Å². The highest BCUT2D eigenvalue weighted by Gasteiger charge is 2.07. The van der Waals surface area contributed by atoms with E-state index in [4.69, 9.17) is 0 Å². The van der Waals surface area contributed by atoms with Crippen LogP contribution in [0.25, 0.3) is 0 Å². The van der Waals surface area contributed by atoms with E-state index in [-0.39, 0.29) is 5.54 Å². The maximum atomic E-state index is 3.48. The van der Waals surface area contributed by atoms with Gasteiger partial charge in [-0.3, -0.25) is 0 Å². The quantitative estimate of drug-likeness (QED) is 0.667. The summed E-state index contributed by atoms with van der Waals surface area (Å²) in [5.74, 6) is 1.23. The Bertz CT molecular complexity index is 107. The van der Waals surface area contributed by atoms with Crippen molar-refractivity contribution < 1.29 is 0 Å². The summed E-state index contributed by atoms with van der Waals surface area (Å²) in [4.78, 5) is 0. The summed E-state index contributed by atoms with van der Waals surface area (Å²) in [5.41, 5.74) is 0.274. The molecule has 0 spiro atoms. The monoisotopic (exact) mass is 189 g/mol. The summed E-state index contributed by atoms with van der Waals surface area (Å²) in [7, 11) is 0. The highest BCUT2D eigenvalue weighted by molar-refractivity contribution is 7.99. The fourth-order valence-corrected chi connectivity index (χ4v) is 1.66. The van der Waals surface area contributed by atoms with Crippen molar-refractivity contribution in [2.75, 3.05) is 12.3 Å². The maximum absolute atomic E-state index is 3.48. The van der Waals surface area contributed by atoms with Crippen molar-refractivity contribution in [3.8, 4) is 0 Å². The molecule has 12 heavy (non-hydrogen) atoms. The molecule has 0 radical (unpaired) electrons. The highest BCUT2D eigenvalue weighted by atomic mass is 32.2. The molecule has 0 aromatic heterocycles. The van der Waals surface area contributed by atoms with Gasteiger partial charge in [-0.25, -0.2) is 0 Å². The number of thioether (sulfide) groups is 1. The lowest BCUT2D eigenvalue weighted by Gasteiger charge is -2.20. The van der Waals surface area contributed by atoms with Crippen molar-refractivity contribution in [1.82, 2.24) is 5.32 Å². The minimum atomic E-state index is 0.274. The molecular formula is C10H23NS. The summed E-state index contributed by atoms with van der Waals surface area (Å²) >= 11 is 2.05. The Labute approximate surface area is 81.7 Å². The normalized spacial score (nSPS) is 14.8. The van der Waals surface area contributed by atoms with Gasteiger partial charge in [-0.1, -0.05) is 13.8 Å². The Morgan fingerprint density at radius 3 is 2.33 bits per heavy atom. The first-order valence-corrected chi connectivity index (χ1v) is 5.87. The van der Waals surface area contributed by atoms with Gasteiger partial charge in [0.05, 0.1) is 0 Å². The van der Waals surface area contributed by atoms with E-state index in [1.54, 1.807) is 0 Å². The van der Waals surface area contributed by atoms with Gasteiger partial charge >= 0.3 is 0 Å². The number of hydrogen-bond acceptors (Lipinski definition) is 2. The lowest BCUT2D eigenvalue weighted by molar-refractivity contribution is 0.441. The zero-order chi connectivity index (χ0) is 9.61. The van der Waals surface area contributed by atoms with E-state index >= 15 is 0 Å². The van der Waals surface area contributed by atoms with E-state index in [2.05, 4.69) is 51.7 Å². The van der Waals surface area contributed by atoms with Crippen LogP contribution in [0.5, 0.6) is 0 Å². The predicted molar refractivity (Wildman–Crippen MR) is 60.0 cm³/mol. The molecule has 1 N–H and O–H groups in total.